The zero-order valence-electron chi connectivity index (χ0n) is 16.6. The molecular formula is C20H22N2O7. The van der Waals surface area contributed by atoms with E-state index >= 15 is 0 Å². The van der Waals surface area contributed by atoms with Gasteiger partial charge in [0.1, 0.15) is 5.69 Å². The topological polar surface area (TPSA) is 116 Å². The van der Waals surface area contributed by atoms with Gasteiger partial charge in [0.15, 0.2) is 17.6 Å². The van der Waals surface area contributed by atoms with Gasteiger partial charge in [0, 0.05) is 17.4 Å². The van der Waals surface area contributed by atoms with Crippen molar-refractivity contribution in [3.63, 3.8) is 0 Å². The highest BCUT2D eigenvalue weighted by atomic mass is 16.7. The Morgan fingerprint density at radius 1 is 1.17 bits per heavy atom. The van der Waals surface area contributed by atoms with Crippen LogP contribution in [0.2, 0.25) is 0 Å². The number of carbonyl (C=O) groups is 3. The lowest BCUT2D eigenvalue weighted by Crippen LogP contribution is -2.30. The molecule has 3 rings (SSSR count). The number of fused-ring (bicyclic) bond motifs is 1. The third kappa shape index (κ3) is 4.18. The van der Waals surface area contributed by atoms with Crippen molar-refractivity contribution in [2.75, 3.05) is 18.7 Å². The Labute approximate surface area is 167 Å². The molecule has 1 atom stereocenters. The predicted octanol–water partition coefficient (Wildman–Crippen LogP) is 2.72. The molecule has 1 aromatic carbocycles. The molecule has 29 heavy (non-hydrogen) atoms. The quantitative estimate of drug-likeness (QED) is 0.714. The van der Waals surface area contributed by atoms with Crippen LogP contribution in [0.5, 0.6) is 11.5 Å². The second-order valence-corrected chi connectivity index (χ2v) is 6.45. The number of ether oxygens (including phenoxy) is 4. The average molecular weight is 402 g/mol. The van der Waals surface area contributed by atoms with Crippen molar-refractivity contribution in [2.45, 2.75) is 33.8 Å². The van der Waals surface area contributed by atoms with Crippen molar-refractivity contribution in [2.24, 2.45) is 0 Å². The van der Waals surface area contributed by atoms with Gasteiger partial charge in [-0.1, -0.05) is 0 Å². The maximum absolute atomic E-state index is 12.5. The largest absolute Gasteiger partial charge is 0.462 e. The highest BCUT2D eigenvalue weighted by Crippen LogP contribution is 2.34. The molecule has 0 radical (unpaired) electrons. The maximum Gasteiger partial charge on any atom is 0.355 e. The standard InChI is InChI=1S/C20H22N2O7/c1-5-26-19(24)16-10(2)17(21-11(16)3)20(25)29-12(4)18(23)22-13-6-7-14-15(8-13)28-9-27-14/h6-8,12,21H,5,9H2,1-4H3,(H,22,23)/t12-/m1/s1. The molecule has 2 aromatic rings. The molecule has 2 heterocycles. The number of hydrogen-bond donors (Lipinski definition) is 2. The van der Waals surface area contributed by atoms with E-state index in [0.717, 1.165) is 0 Å². The molecule has 9 nitrogen and oxygen atoms in total. The molecule has 9 heteroatoms. The van der Waals surface area contributed by atoms with Crippen molar-refractivity contribution in [1.29, 1.82) is 0 Å². The smallest absolute Gasteiger partial charge is 0.355 e. The fourth-order valence-electron chi connectivity index (χ4n) is 2.95. The molecule has 0 fully saturated rings. The summed E-state index contributed by atoms with van der Waals surface area (Å²) in [7, 11) is 0. The van der Waals surface area contributed by atoms with Gasteiger partial charge in [0.05, 0.1) is 12.2 Å². The van der Waals surface area contributed by atoms with Crippen LogP contribution in [-0.2, 0) is 14.3 Å². The number of rotatable bonds is 6. The lowest BCUT2D eigenvalue weighted by Gasteiger charge is -2.13. The van der Waals surface area contributed by atoms with Crippen molar-refractivity contribution in [3.05, 3.63) is 40.7 Å². The summed E-state index contributed by atoms with van der Waals surface area (Å²) >= 11 is 0. The Morgan fingerprint density at radius 3 is 2.62 bits per heavy atom. The van der Waals surface area contributed by atoms with Gasteiger partial charge in [0.25, 0.3) is 5.91 Å². The van der Waals surface area contributed by atoms with E-state index in [2.05, 4.69) is 10.3 Å². The fourth-order valence-corrected chi connectivity index (χ4v) is 2.95. The number of aromatic amines is 1. The number of carbonyl (C=O) groups excluding carboxylic acids is 3. The summed E-state index contributed by atoms with van der Waals surface area (Å²) in [4.78, 5) is 39.8. The van der Waals surface area contributed by atoms with Gasteiger partial charge < -0.3 is 29.2 Å². The fraction of sp³-hybridized carbons (Fsp3) is 0.350. The van der Waals surface area contributed by atoms with Crippen LogP contribution in [0.4, 0.5) is 5.69 Å². The Morgan fingerprint density at radius 2 is 1.90 bits per heavy atom. The lowest BCUT2D eigenvalue weighted by atomic mass is 10.1. The SMILES string of the molecule is CCOC(=O)c1c(C)[nH]c(C(=O)O[C@H](C)C(=O)Nc2ccc3c(c2)OCO3)c1C. The number of anilines is 1. The number of esters is 2. The zero-order valence-corrected chi connectivity index (χ0v) is 16.6. The lowest BCUT2D eigenvalue weighted by molar-refractivity contribution is -0.123. The van der Waals surface area contributed by atoms with E-state index in [1.807, 2.05) is 0 Å². The van der Waals surface area contributed by atoms with E-state index in [1.165, 1.54) is 6.92 Å². The highest BCUT2D eigenvalue weighted by Gasteiger charge is 2.26. The van der Waals surface area contributed by atoms with Crippen LogP contribution in [0, 0.1) is 13.8 Å². The summed E-state index contributed by atoms with van der Waals surface area (Å²) in [6.07, 6.45) is -1.07. The van der Waals surface area contributed by atoms with Gasteiger partial charge in [-0.15, -0.1) is 0 Å². The van der Waals surface area contributed by atoms with E-state index < -0.39 is 23.9 Å². The van der Waals surface area contributed by atoms with Crippen molar-refractivity contribution >= 4 is 23.5 Å². The van der Waals surface area contributed by atoms with E-state index in [9.17, 15) is 14.4 Å². The van der Waals surface area contributed by atoms with Crippen LogP contribution in [0.3, 0.4) is 0 Å². The van der Waals surface area contributed by atoms with Crippen LogP contribution in [0.1, 0.15) is 46.0 Å². The van der Waals surface area contributed by atoms with Crippen molar-refractivity contribution in [1.82, 2.24) is 4.98 Å². The van der Waals surface area contributed by atoms with E-state index in [4.69, 9.17) is 18.9 Å². The average Bonchev–Trinajstić information content (AvgIpc) is 3.25. The van der Waals surface area contributed by atoms with Gasteiger partial charge >= 0.3 is 11.9 Å². The summed E-state index contributed by atoms with van der Waals surface area (Å²) in [6.45, 7) is 6.78. The van der Waals surface area contributed by atoms with E-state index in [1.54, 1.807) is 39.0 Å². The number of amides is 1. The van der Waals surface area contributed by atoms with Crippen LogP contribution < -0.4 is 14.8 Å². The van der Waals surface area contributed by atoms with Gasteiger partial charge in [0.2, 0.25) is 6.79 Å². The van der Waals surface area contributed by atoms with Gasteiger partial charge in [-0.3, -0.25) is 4.79 Å². The number of aryl methyl sites for hydroxylation is 1. The monoisotopic (exact) mass is 402 g/mol. The number of hydrogen-bond acceptors (Lipinski definition) is 7. The molecule has 0 unspecified atom stereocenters. The zero-order chi connectivity index (χ0) is 21.1. The van der Waals surface area contributed by atoms with Crippen molar-refractivity contribution < 1.29 is 33.3 Å². The Hall–Kier alpha value is -3.49. The maximum atomic E-state index is 12.5. The second-order valence-electron chi connectivity index (χ2n) is 6.45. The molecule has 1 aliphatic heterocycles. The summed E-state index contributed by atoms with van der Waals surface area (Å²) in [5, 5.41) is 2.66. The number of benzene rings is 1. The van der Waals surface area contributed by atoms with Crippen LogP contribution in [0.15, 0.2) is 18.2 Å². The van der Waals surface area contributed by atoms with Crippen LogP contribution >= 0.6 is 0 Å². The molecule has 0 bridgehead atoms. The summed E-state index contributed by atoms with van der Waals surface area (Å²) in [5.74, 6) is -0.654. The molecule has 0 spiro atoms. The molecule has 1 aromatic heterocycles. The molecule has 1 amide bonds. The van der Waals surface area contributed by atoms with Crippen molar-refractivity contribution in [3.8, 4) is 11.5 Å². The Kier molecular flexibility index (Phi) is 5.76. The first-order valence-corrected chi connectivity index (χ1v) is 9.09. The Bertz CT molecular complexity index is 964. The molecule has 1 aliphatic rings. The first kappa shape index (κ1) is 20.2. The minimum absolute atomic E-state index is 0.105. The van der Waals surface area contributed by atoms with E-state index in [0.29, 0.717) is 28.4 Å². The van der Waals surface area contributed by atoms with E-state index in [-0.39, 0.29) is 24.7 Å². The number of H-pyrrole nitrogens is 1. The summed E-state index contributed by atoms with van der Waals surface area (Å²) in [6, 6.07) is 4.96. The highest BCUT2D eigenvalue weighted by molar-refractivity contribution is 6.00. The minimum Gasteiger partial charge on any atom is -0.462 e. The minimum atomic E-state index is -1.07. The molecule has 0 saturated heterocycles. The normalized spacial score (nSPS) is 13.0. The molecule has 0 aliphatic carbocycles. The first-order chi connectivity index (χ1) is 13.8. The molecule has 0 saturated carbocycles. The second kappa shape index (κ2) is 8.26. The number of aromatic nitrogens is 1. The molecular weight excluding hydrogens is 380 g/mol. The van der Waals surface area contributed by atoms with Gasteiger partial charge in [-0.2, -0.15) is 0 Å². The Balaban J connectivity index is 1.66. The summed E-state index contributed by atoms with van der Waals surface area (Å²) in [5.41, 5.74) is 1.78. The molecule has 2 N–H and O–H groups in total. The predicted molar refractivity (Wildman–Crippen MR) is 102 cm³/mol. The number of nitrogens with one attached hydrogen (secondary N) is 2. The first-order valence-electron chi connectivity index (χ1n) is 9.09. The summed E-state index contributed by atoms with van der Waals surface area (Å²) < 4.78 is 20.8. The van der Waals surface area contributed by atoms with Crippen LogP contribution in [-0.4, -0.2) is 42.3 Å². The molecule has 154 valence electrons. The van der Waals surface area contributed by atoms with Gasteiger partial charge in [-0.05, 0) is 45.4 Å². The third-order valence-corrected chi connectivity index (χ3v) is 4.41. The third-order valence-electron chi connectivity index (χ3n) is 4.41. The van der Waals surface area contributed by atoms with Gasteiger partial charge in [-0.25, -0.2) is 9.59 Å². The van der Waals surface area contributed by atoms with Crippen LogP contribution in [0.25, 0.3) is 0 Å².